The summed E-state index contributed by atoms with van der Waals surface area (Å²) in [5, 5.41) is 10.2. The molecule has 1 rings (SSSR count). The Labute approximate surface area is 113 Å². The molecule has 0 heterocycles. The molecule has 3 nitrogen and oxygen atoms in total. The Balaban J connectivity index is 0.00000256. The number of aromatic hydroxyl groups is 1. The lowest BCUT2D eigenvalue weighted by atomic mass is 9.96. The Morgan fingerprint density at radius 2 is 2.00 bits per heavy atom. The molecule has 1 atom stereocenters. The van der Waals surface area contributed by atoms with Crippen molar-refractivity contribution in [3.8, 4) is 11.5 Å². The monoisotopic (exact) mass is 279 g/mol. The van der Waals surface area contributed by atoms with Crippen molar-refractivity contribution < 1.29 is 9.84 Å². The van der Waals surface area contributed by atoms with Crippen molar-refractivity contribution in [3.05, 3.63) is 22.7 Å². The zero-order valence-electron chi connectivity index (χ0n) is 10.2. The molecular formula is C12H19Cl2NO2. The summed E-state index contributed by atoms with van der Waals surface area (Å²) >= 11 is 5.86. The van der Waals surface area contributed by atoms with E-state index in [1.807, 2.05) is 0 Å². The first-order valence-electron chi connectivity index (χ1n) is 5.28. The fourth-order valence-corrected chi connectivity index (χ4v) is 1.89. The van der Waals surface area contributed by atoms with Gasteiger partial charge in [-0.05, 0) is 24.5 Å². The number of halogens is 2. The van der Waals surface area contributed by atoms with Gasteiger partial charge in [0.2, 0.25) is 0 Å². The third-order valence-electron chi connectivity index (χ3n) is 2.44. The Bertz CT molecular complexity index is 370. The highest BCUT2D eigenvalue weighted by molar-refractivity contribution is 6.32. The number of ether oxygens (including phenoxy) is 1. The summed E-state index contributed by atoms with van der Waals surface area (Å²) in [5.41, 5.74) is 6.63. The van der Waals surface area contributed by atoms with Gasteiger partial charge in [-0.25, -0.2) is 0 Å². The molecule has 0 unspecified atom stereocenters. The van der Waals surface area contributed by atoms with Gasteiger partial charge >= 0.3 is 0 Å². The summed E-state index contributed by atoms with van der Waals surface area (Å²) < 4.78 is 5.19. The molecule has 0 aliphatic carbocycles. The van der Waals surface area contributed by atoms with Crippen LogP contribution in [-0.4, -0.2) is 12.2 Å². The molecule has 98 valence electrons. The van der Waals surface area contributed by atoms with E-state index in [1.165, 1.54) is 0 Å². The maximum absolute atomic E-state index is 9.90. The predicted octanol–water partition coefficient (Wildman–Crippen LogP) is 3.52. The maximum atomic E-state index is 9.90. The molecule has 0 amide bonds. The quantitative estimate of drug-likeness (QED) is 0.887. The fourth-order valence-electron chi connectivity index (χ4n) is 1.72. The molecule has 0 radical (unpaired) electrons. The van der Waals surface area contributed by atoms with Crippen molar-refractivity contribution in [2.24, 2.45) is 11.7 Å². The van der Waals surface area contributed by atoms with E-state index in [1.54, 1.807) is 19.2 Å². The maximum Gasteiger partial charge on any atom is 0.142 e. The highest BCUT2D eigenvalue weighted by Crippen LogP contribution is 2.39. The summed E-state index contributed by atoms with van der Waals surface area (Å²) in [6.45, 7) is 4.15. The summed E-state index contributed by atoms with van der Waals surface area (Å²) in [6.07, 6.45) is 0.768. The van der Waals surface area contributed by atoms with Crippen LogP contribution in [0.15, 0.2) is 12.1 Å². The Hall–Kier alpha value is -0.640. The van der Waals surface area contributed by atoms with E-state index in [9.17, 15) is 5.11 Å². The second-order valence-corrected chi connectivity index (χ2v) is 4.66. The molecule has 0 aliphatic rings. The number of hydrogen-bond acceptors (Lipinski definition) is 3. The van der Waals surface area contributed by atoms with Crippen molar-refractivity contribution in [1.82, 2.24) is 0 Å². The lowest BCUT2D eigenvalue weighted by Gasteiger charge is -2.19. The summed E-state index contributed by atoms with van der Waals surface area (Å²) in [7, 11) is 1.55. The van der Waals surface area contributed by atoms with Gasteiger partial charge in [0, 0.05) is 6.04 Å². The minimum absolute atomic E-state index is 0. The van der Waals surface area contributed by atoms with E-state index in [0.29, 0.717) is 22.3 Å². The molecule has 0 saturated carbocycles. The van der Waals surface area contributed by atoms with Gasteiger partial charge in [-0.15, -0.1) is 12.4 Å². The van der Waals surface area contributed by atoms with Crippen LogP contribution in [0.25, 0.3) is 0 Å². The van der Waals surface area contributed by atoms with Crippen molar-refractivity contribution in [2.75, 3.05) is 7.11 Å². The van der Waals surface area contributed by atoms with E-state index in [-0.39, 0.29) is 24.2 Å². The number of phenols is 1. The summed E-state index contributed by atoms with van der Waals surface area (Å²) in [5.74, 6) is 1.04. The molecular weight excluding hydrogens is 261 g/mol. The van der Waals surface area contributed by atoms with Crippen LogP contribution >= 0.6 is 24.0 Å². The Kier molecular flexibility index (Phi) is 6.68. The van der Waals surface area contributed by atoms with Crippen LogP contribution in [0.1, 0.15) is 31.9 Å². The van der Waals surface area contributed by atoms with Gasteiger partial charge in [0.05, 0.1) is 17.7 Å². The zero-order valence-corrected chi connectivity index (χ0v) is 11.8. The highest BCUT2D eigenvalue weighted by atomic mass is 35.5. The second kappa shape index (κ2) is 6.94. The topological polar surface area (TPSA) is 55.5 Å². The average Bonchev–Trinajstić information content (AvgIpc) is 2.20. The average molecular weight is 280 g/mol. The first-order chi connectivity index (χ1) is 7.47. The van der Waals surface area contributed by atoms with Gasteiger partial charge in [0.15, 0.2) is 0 Å². The lowest BCUT2D eigenvalue weighted by molar-refractivity contribution is 0.385. The van der Waals surface area contributed by atoms with Crippen molar-refractivity contribution >= 4 is 24.0 Å². The molecule has 0 aromatic heterocycles. The lowest BCUT2D eigenvalue weighted by Crippen LogP contribution is -2.14. The number of rotatable bonds is 4. The van der Waals surface area contributed by atoms with Crippen LogP contribution in [0.4, 0.5) is 0 Å². The number of methoxy groups -OCH3 is 1. The summed E-state index contributed by atoms with van der Waals surface area (Å²) in [4.78, 5) is 0. The van der Waals surface area contributed by atoms with Gasteiger partial charge in [-0.1, -0.05) is 25.4 Å². The van der Waals surface area contributed by atoms with E-state index in [0.717, 1.165) is 6.42 Å². The molecule has 1 aromatic carbocycles. The largest absolute Gasteiger partial charge is 0.506 e. The molecule has 0 spiro atoms. The minimum atomic E-state index is -0.270. The van der Waals surface area contributed by atoms with Crippen molar-refractivity contribution in [2.45, 2.75) is 26.3 Å². The Morgan fingerprint density at radius 1 is 1.41 bits per heavy atom. The highest BCUT2D eigenvalue weighted by Gasteiger charge is 2.19. The van der Waals surface area contributed by atoms with E-state index in [2.05, 4.69) is 13.8 Å². The van der Waals surface area contributed by atoms with E-state index in [4.69, 9.17) is 22.1 Å². The van der Waals surface area contributed by atoms with E-state index >= 15 is 0 Å². The molecule has 0 aliphatic heterocycles. The number of phenolic OH excluding ortho intramolecular Hbond substituents is 1. The van der Waals surface area contributed by atoms with Gasteiger partial charge < -0.3 is 15.6 Å². The standard InChI is InChI=1S/C12H18ClNO2.ClH/c1-7(2)6-9(14)11-10(16-3)5-4-8(13)12(11)15;/h4-5,7,9,15H,6,14H2,1-3H3;1H/t9-;/m0./s1. The number of hydrogen-bond donors (Lipinski definition) is 2. The van der Waals surface area contributed by atoms with Gasteiger partial charge in [-0.2, -0.15) is 0 Å². The molecule has 0 bridgehead atoms. The van der Waals surface area contributed by atoms with Crippen LogP contribution < -0.4 is 10.5 Å². The van der Waals surface area contributed by atoms with Gasteiger partial charge in [-0.3, -0.25) is 0 Å². The molecule has 17 heavy (non-hydrogen) atoms. The van der Waals surface area contributed by atoms with Crippen LogP contribution in [0.3, 0.4) is 0 Å². The van der Waals surface area contributed by atoms with Crippen LogP contribution in [0.2, 0.25) is 5.02 Å². The van der Waals surface area contributed by atoms with Gasteiger partial charge in [0.1, 0.15) is 11.5 Å². The number of benzene rings is 1. The predicted molar refractivity (Wildman–Crippen MR) is 73.3 cm³/mol. The van der Waals surface area contributed by atoms with E-state index < -0.39 is 0 Å². The second-order valence-electron chi connectivity index (χ2n) is 4.25. The minimum Gasteiger partial charge on any atom is -0.506 e. The SMILES string of the molecule is COc1ccc(Cl)c(O)c1[C@@H](N)CC(C)C.Cl. The van der Waals surface area contributed by atoms with Crippen molar-refractivity contribution in [3.63, 3.8) is 0 Å². The fraction of sp³-hybridized carbons (Fsp3) is 0.500. The van der Waals surface area contributed by atoms with Crippen molar-refractivity contribution in [1.29, 1.82) is 0 Å². The molecule has 3 N–H and O–H groups in total. The molecule has 1 aromatic rings. The third-order valence-corrected chi connectivity index (χ3v) is 2.75. The van der Waals surface area contributed by atoms with Crippen LogP contribution in [0.5, 0.6) is 11.5 Å². The van der Waals surface area contributed by atoms with Crippen LogP contribution in [0, 0.1) is 5.92 Å². The normalized spacial score (nSPS) is 12.1. The summed E-state index contributed by atoms with van der Waals surface area (Å²) in [6, 6.07) is 3.05. The first kappa shape index (κ1) is 16.4. The van der Waals surface area contributed by atoms with Gasteiger partial charge in [0.25, 0.3) is 0 Å². The molecule has 5 heteroatoms. The van der Waals surface area contributed by atoms with Crippen LogP contribution in [-0.2, 0) is 0 Å². The Morgan fingerprint density at radius 3 is 2.47 bits per heavy atom. The zero-order chi connectivity index (χ0) is 12.3. The number of nitrogens with two attached hydrogens (primary N) is 1. The molecule has 0 fully saturated rings. The first-order valence-corrected chi connectivity index (χ1v) is 5.66. The molecule has 0 saturated heterocycles. The third kappa shape index (κ3) is 3.95. The smallest absolute Gasteiger partial charge is 0.142 e.